The number of ether oxygens (including phenoxy) is 17. The van der Waals surface area contributed by atoms with Crippen molar-refractivity contribution in [2.24, 2.45) is 5.11 Å². The Morgan fingerprint density at radius 3 is 1.45 bits per heavy atom. The number of azide groups is 1. The fourth-order valence-electron chi connectivity index (χ4n) is 14.1. The summed E-state index contributed by atoms with van der Waals surface area (Å²) in [5.74, 6) is -5.05. The number of rotatable bonds is 36. The predicted molar refractivity (Wildman–Crippen MR) is 427 cm³/mol. The molecule has 0 bridgehead atoms. The number of halogens is 3. The van der Waals surface area contributed by atoms with Gasteiger partial charge in [-0.15, -0.1) is 0 Å². The van der Waals surface area contributed by atoms with Crippen LogP contribution in [0.5, 0.6) is 0 Å². The lowest BCUT2D eigenvalue weighted by atomic mass is 9.94. The van der Waals surface area contributed by atoms with Gasteiger partial charge in [-0.3, -0.25) is 14.4 Å². The normalized spacial score (nSPS) is 23.5. The zero-order chi connectivity index (χ0) is 83.6. The highest BCUT2D eigenvalue weighted by atomic mass is 35.6. The van der Waals surface area contributed by atoms with Crippen LogP contribution < -0.4 is 10.6 Å². The van der Waals surface area contributed by atoms with Gasteiger partial charge in [0.05, 0.1) is 51.8 Å². The maximum absolute atomic E-state index is 15.1. The summed E-state index contributed by atoms with van der Waals surface area (Å²) in [5.41, 5.74) is 18.3. The molecule has 3 heterocycles. The second-order valence-electron chi connectivity index (χ2n) is 28.0. The van der Waals surface area contributed by atoms with Gasteiger partial charge in [-0.2, -0.15) is 0 Å². The van der Waals surface area contributed by atoms with E-state index in [4.69, 9.17) is 115 Å². The average molecular weight is 1690 g/mol. The number of carbonyl (C=O) groups is 7. The SMILES string of the molecule is CC(=O)OC[C@H]1O[C@@H](OC[C@H]2OC(OC[C@H](NC(=O)OCC3c4ccccc4-c4ccccc43)C(=O)OCc3ccccc3)[C@H](N=[N+]=[N-])[C@@H](O[C@@H]3O[C@H](COCc4ccccc4)[C@H](OCc4ccccc4)[C@H](OCc4ccccc4)[C@H]3OC(=O)c3ccccc3)[C@H]2OCc2ccccc2)[C@H](NC(=O)OCC(Cl)(Cl)Cl)[C@@H](OC(C)=O)[C@@H]1OC(C)=O. The number of nitrogens with one attached hydrogen (secondary N) is 2. The van der Waals surface area contributed by atoms with Gasteiger partial charge < -0.3 is 91.2 Å². The van der Waals surface area contributed by atoms with Gasteiger partial charge in [0.15, 0.2) is 43.2 Å². The molecule has 12 rings (SSSR count). The van der Waals surface area contributed by atoms with Gasteiger partial charge in [-0.05, 0) is 67.7 Å². The Hall–Kier alpha value is -10.6. The summed E-state index contributed by atoms with van der Waals surface area (Å²) in [5, 5.41) is 9.51. The minimum Gasteiger partial charge on any atom is -0.463 e. The molecule has 32 heteroatoms. The lowest BCUT2D eigenvalue weighted by molar-refractivity contribution is -0.357. The number of hydrogen-bond donors (Lipinski definition) is 2. The Kier molecular flexibility index (Phi) is 32.0. The van der Waals surface area contributed by atoms with Crippen molar-refractivity contribution in [3.63, 3.8) is 0 Å². The number of fused-ring (bicyclic) bond motifs is 3. The van der Waals surface area contributed by atoms with Gasteiger partial charge >= 0.3 is 42.0 Å². The Labute approximate surface area is 700 Å². The third-order valence-corrected chi connectivity index (χ3v) is 19.9. The molecular weight excluding hydrogens is 1610 g/mol. The summed E-state index contributed by atoms with van der Waals surface area (Å²) in [7, 11) is 0. The van der Waals surface area contributed by atoms with Crippen molar-refractivity contribution in [3.8, 4) is 11.1 Å². The molecule has 2 N–H and O–H groups in total. The summed E-state index contributed by atoms with van der Waals surface area (Å²) in [6.07, 6.45) is -23.7. The van der Waals surface area contributed by atoms with Crippen LogP contribution in [-0.4, -0.2) is 184 Å². The van der Waals surface area contributed by atoms with E-state index in [0.717, 1.165) is 54.2 Å². The summed E-state index contributed by atoms with van der Waals surface area (Å²) >= 11 is 18.1. The molecule has 1 aliphatic carbocycles. The first kappa shape index (κ1) is 87.7. The van der Waals surface area contributed by atoms with Crippen molar-refractivity contribution in [3.05, 3.63) is 285 Å². The predicted octanol–water partition coefficient (Wildman–Crippen LogP) is 13.0. The summed E-state index contributed by atoms with van der Waals surface area (Å²) < 4.78 is 108. The van der Waals surface area contributed by atoms with Crippen LogP contribution in [-0.2, 0) is 133 Å². The number of esters is 5. The van der Waals surface area contributed by atoms with E-state index in [2.05, 4.69) is 20.7 Å². The number of alkyl carbamates (subject to hydrolysis) is 2. The molecular formula is C87H88Cl3N5O24. The fourth-order valence-corrected chi connectivity index (χ4v) is 14.3. The van der Waals surface area contributed by atoms with Gasteiger partial charge in [0.25, 0.3) is 0 Å². The summed E-state index contributed by atoms with van der Waals surface area (Å²) in [4.78, 5) is 101. The highest BCUT2D eigenvalue weighted by molar-refractivity contribution is 6.67. The molecule has 16 atom stereocenters. The third-order valence-electron chi connectivity index (χ3n) is 19.5. The Bertz CT molecular complexity index is 4640. The summed E-state index contributed by atoms with van der Waals surface area (Å²) in [6.45, 7) is -1.06. The van der Waals surface area contributed by atoms with Gasteiger partial charge in [-0.25, -0.2) is 19.2 Å². The fraction of sp³-hybridized carbons (Fsp3) is 0.368. The van der Waals surface area contributed by atoms with E-state index >= 15 is 4.79 Å². The van der Waals surface area contributed by atoms with Crippen LogP contribution >= 0.6 is 34.8 Å². The molecule has 29 nitrogen and oxygen atoms in total. The van der Waals surface area contributed by atoms with Crippen molar-refractivity contribution < 1.29 is 114 Å². The first-order chi connectivity index (χ1) is 57.7. The van der Waals surface area contributed by atoms with Crippen molar-refractivity contribution in [2.75, 3.05) is 39.6 Å². The molecule has 3 saturated heterocycles. The maximum atomic E-state index is 15.1. The van der Waals surface area contributed by atoms with Gasteiger partial charge in [0.2, 0.25) is 3.79 Å². The second kappa shape index (κ2) is 43.4. The van der Waals surface area contributed by atoms with Gasteiger partial charge in [0, 0.05) is 31.6 Å². The van der Waals surface area contributed by atoms with Gasteiger partial charge in [0.1, 0.15) is 81.2 Å². The summed E-state index contributed by atoms with van der Waals surface area (Å²) in [6, 6.07) is 63.4. The first-order valence-electron chi connectivity index (χ1n) is 38.3. The minimum atomic E-state index is -2.16. The number of amides is 2. The van der Waals surface area contributed by atoms with Crippen molar-refractivity contribution in [2.45, 2.75) is 162 Å². The third kappa shape index (κ3) is 25.0. The molecule has 2 amide bonds. The smallest absolute Gasteiger partial charge is 0.407 e. The molecule has 3 aliphatic heterocycles. The lowest BCUT2D eigenvalue weighted by Gasteiger charge is -2.50. The number of alkyl halides is 3. The van der Waals surface area contributed by atoms with Gasteiger partial charge in [-0.1, -0.05) is 258 Å². The van der Waals surface area contributed by atoms with Crippen molar-refractivity contribution in [1.29, 1.82) is 0 Å². The zero-order valence-corrected chi connectivity index (χ0v) is 67.1. The molecule has 626 valence electrons. The minimum absolute atomic E-state index is 0.0279. The quantitative estimate of drug-likeness (QED) is 0.00919. The molecule has 0 aromatic heterocycles. The molecule has 0 radical (unpaired) electrons. The monoisotopic (exact) mass is 1690 g/mol. The highest BCUT2D eigenvalue weighted by Gasteiger charge is 2.57. The van der Waals surface area contributed by atoms with Crippen LogP contribution in [0.15, 0.2) is 236 Å². The van der Waals surface area contributed by atoms with Crippen LogP contribution in [0.3, 0.4) is 0 Å². The van der Waals surface area contributed by atoms with E-state index in [9.17, 15) is 34.3 Å². The van der Waals surface area contributed by atoms with E-state index < -0.39 is 176 Å². The van der Waals surface area contributed by atoms with Crippen molar-refractivity contribution >= 4 is 76.8 Å². The molecule has 0 saturated carbocycles. The molecule has 119 heavy (non-hydrogen) atoms. The largest absolute Gasteiger partial charge is 0.463 e. The Balaban J connectivity index is 0.980. The molecule has 3 fully saturated rings. The Morgan fingerprint density at radius 2 is 0.908 bits per heavy atom. The molecule has 4 aliphatic rings. The van der Waals surface area contributed by atoms with E-state index in [-0.39, 0.29) is 51.8 Å². The van der Waals surface area contributed by atoms with E-state index in [1.807, 2.05) is 140 Å². The number of nitrogens with zero attached hydrogens (tertiary/aromatic N) is 3. The van der Waals surface area contributed by atoms with E-state index in [1.165, 1.54) is 0 Å². The highest BCUT2D eigenvalue weighted by Crippen LogP contribution is 2.45. The van der Waals surface area contributed by atoms with Crippen LogP contribution in [0.1, 0.15) is 76.0 Å². The molecule has 1 unspecified atom stereocenters. The maximum Gasteiger partial charge on any atom is 0.407 e. The topological polar surface area (TPSA) is 349 Å². The number of carbonyl (C=O) groups excluding carboxylic acids is 7. The number of benzene rings is 8. The molecule has 0 spiro atoms. The first-order valence-corrected chi connectivity index (χ1v) is 39.4. The van der Waals surface area contributed by atoms with Crippen LogP contribution in [0, 0.1) is 0 Å². The standard InChI is InChI=1S/C87H88Cl3N5O24/c1-53(96)104-50-70-75(113-54(2)97)76(114-55(3)98)71(93-86(102)112-52-87(88,89)90)82(116-70)110-51-69-73(105-43-57-28-12-5-13-29-57)77(72(94-95-91)83(115-69)109-48-67(81(100)108-46-60-34-18-8-19-35-60)92-85(101)111-47-66-64-40-24-22-38-62(64)63-39-23-25-41-65(63)66)119-84-79(118-80(99)61-36-20-9-21-37-61)78(107-45-59-32-16-7-17-33-59)74(106-44-58-30-14-6-15-31-58)68(117-84)49-103-42-56-26-10-4-11-27-56/h4-41,66-79,82-84H,42-52H2,1-3H3,(H,92,101)(H,93,102)/t67-,68+,69+,70+,71+,72+,73-,74-,75+,76+,77+,78-,79+,82+,83?,84-/m0/s1. The van der Waals surface area contributed by atoms with Crippen LogP contribution in [0.25, 0.3) is 21.6 Å². The van der Waals surface area contributed by atoms with E-state index in [1.54, 1.807) is 91.0 Å². The lowest BCUT2D eigenvalue weighted by Crippen LogP contribution is -2.68. The van der Waals surface area contributed by atoms with Crippen LogP contribution in [0.2, 0.25) is 0 Å². The zero-order valence-electron chi connectivity index (χ0n) is 64.8. The van der Waals surface area contributed by atoms with Crippen molar-refractivity contribution in [1.82, 2.24) is 10.6 Å². The average Bonchev–Trinajstić information content (AvgIpc) is 1.73. The van der Waals surface area contributed by atoms with Crippen LogP contribution in [0.4, 0.5) is 9.59 Å². The number of hydrogen-bond acceptors (Lipinski definition) is 25. The molecule has 8 aromatic rings. The second-order valence-corrected chi connectivity index (χ2v) is 30.6. The molecule has 8 aromatic carbocycles. The Morgan fingerprint density at radius 1 is 0.437 bits per heavy atom. The van der Waals surface area contributed by atoms with E-state index in [0.29, 0.717) is 16.7 Å².